The molecule has 6 aliphatic rings. The maximum atomic E-state index is 13.1. The third kappa shape index (κ3) is 7.37. The van der Waals surface area contributed by atoms with Crippen molar-refractivity contribution in [2.75, 3.05) is 56.7 Å². The van der Waals surface area contributed by atoms with E-state index in [4.69, 9.17) is 26.3 Å². The number of nitrogens with two attached hydrogens (primary N) is 2. The van der Waals surface area contributed by atoms with E-state index >= 15 is 0 Å². The number of fused-ring (bicyclic) bond motifs is 3. The Kier molecular flexibility index (Phi) is 9.76. The smallest absolute Gasteiger partial charge is 0.272 e. The second-order valence-electron chi connectivity index (χ2n) is 15.6. The number of rotatable bonds is 11. The molecule has 6 heterocycles. The molecule has 290 valence electrons. The minimum atomic E-state index is -0.384. The summed E-state index contributed by atoms with van der Waals surface area (Å²) in [4.78, 5) is 49.6. The number of ether oxygens (including phenoxy) is 1. The van der Waals surface area contributed by atoms with Crippen molar-refractivity contribution in [1.82, 2.24) is 35.2 Å². The Morgan fingerprint density at radius 3 is 2.44 bits per heavy atom. The van der Waals surface area contributed by atoms with Gasteiger partial charge in [0.05, 0.1) is 65.9 Å². The van der Waals surface area contributed by atoms with Gasteiger partial charge in [0, 0.05) is 68.9 Å². The molecule has 0 unspecified atom stereocenters. The van der Waals surface area contributed by atoms with Gasteiger partial charge in [0.2, 0.25) is 5.91 Å². The summed E-state index contributed by atoms with van der Waals surface area (Å²) in [6, 6.07) is 12.0. The number of amides is 3. The fourth-order valence-corrected chi connectivity index (χ4v) is 7.77. The third-order valence-electron chi connectivity index (χ3n) is 11.1. The van der Waals surface area contributed by atoms with Gasteiger partial charge in [0.15, 0.2) is 0 Å². The van der Waals surface area contributed by atoms with Crippen LogP contribution in [0.5, 0.6) is 0 Å². The van der Waals surface area contributed by atoms with Crippen LogP contribution in [-0.2, 0) is 27.4 Å². The Bertz CT molecular complexity index is 2050. The van der Waals surface area contributed by atoms with Crippen LogP contribution in [0.15, 0.2) is 65.9 Å². The molecule has 15 heteroatoms. The van der Waals surface area contributed by atoms with Gasteiger partial charge in [-0.15, -0.1) is 0 Å². The summed E-state index contributed by atoms with van der Waals surface area (Å²) in [6.07, 6.45) is 6.99. The molecule has 2 aliphatic carbocycles. The van der Waals surface area contributed by atoms with Crippen LogP contribution >= 0.6 is 0 Å². The predicted octanol–water partition coefficient (Wildman–Crippen LogP) is 2.64. The van der Waals surface area contributed by atoms with Crippen LogP contribution in [0.2, 0.25) is 0 Å². The quantitative estimate of drug-likeness (QED) is 0.143. The van der Waals surface area contributed by atoms with Crippen LogP contribution in [0.1, 0.15) is 67.4 Å². The summed E-state index contributed by atoms with van der Waals surface area (Å²) >= 11 is 0. The minimum Gasteiger partial charge on any atom is -0.393 e. The molecule has 0 bridgehead atoms. The molecule has 1 spiro atoms. The van der Waals surface area contributed by atoms with Gasteiger partial charge in [-0.05, 0) is 43.9 Å². The lowest BCUT2D eigenvalue weighted by atomic mass is 9.78. The molecule has 3 saturated heterocycles. The molecule has 15 nitrogen and oxygen atoms in total. The zero-order valence-electron chi connectivity index (χ0n) is 31.8. The van der Waals surface area contributed by atoms with Crippen molar-refractivity contribution in [2.24, 2.45) is 22.8 Å². The molecule has 0 radical (unpaired) electrons. The largest absolute Gasteiger partial charge is 0.393 e. The lowest BCUT2D eigenvalue weighted by Gasteiger charge is -2.54. The molecule has 1 aromatic carbocycles. The number of carbonyl (C=O) groups is 3. The predicted molar refractivity (Wildman–Crippen MR) is 208 cm³/mol. The van der Waals surface area contributed by atoms with Crippen LogP contribution in [-0.4, -0.2) is 94.8 Å². The molecule has 7 N–H and O–H groups in total. The lowest BCUT2D eigenvalue weighted by molar-refractivity contribution is -0.176. The second kappa shape index (κ2) is 14.7. The van der Waals surface area contributed by atoms with Crippen molar-refractivity contribution in [3.05, 3.63) is 83.0 Å². The number of anilines is 2. The van der Waals surface area contributed by atoms with Crippen LogP contribution < -0.4 is 32.3 Å². The number of benzene rings is 1. The van der Waals surface area contributed by atoms with Gasteiger partial charge in [0.1, 0.15) is 17.2 Å². The van der Waals surface area contributed by atoms with E-state index in [0.29, 0.717) is 24.5 Å². The van der Waals surface area contributed by atoms with Crippen LogP contribution in [0, 0.1) is 11.3 Å². The first-order valence-corrected chi connectivity index (χ1v) is 19.4. The fraction of sp³-hybridized carbons (Fsp3) is 0.475. The zero-order chi connectivity index (χ0) is 38.4. The molecule has 3 aromatic rings. The van der Waals surface area contributed by atoms with E-state index < -0.39 is 0 Å². The average molecular weight is 750 g/mol. The molecule has 4 aliphatic heterocycles. The highest BCUT2D eigenvalue weighted by atomic mass is 16.5. The summed E-state index contributed by atoms with van der Waals surface area (Å²) in [5.41, 5.74) is 19.4. The van der Waals surface area contributed by atoms with Gasteiger partial charge in [-0.25, -0.2) is 4.98 Å². The Morgan fingerprint density at radius 2 is 1.75 bits per heavy atom. The van der Waals surface area contributed by atoms with Gasteiger partial charge in [-0.2, -0.15) is 5.10 Å². The minimum absolute atomic E-state index is 0.00969. The number of nitrogens with one attached hydrogen (secondary N) is 3. The summed E-state index contributed by atoms with van der Waals surface area (Å²) < 4.78 is 7.49. The van der Waals surface area contributed by atoms with Crippen molar-refractivity contribution in [1.29, 1.82) is 0 Å². The molecule has 0 atom stereocenters. The monoisotopic (exact) mass is 749 g/mol. The first kappa shape index (κ1) is 36.6. The number of para-hydroxylation sites is 1. The van der Waals surface area contributed by atoms with Gasteiger partial charge < -0.3 is 42.0 Å². The van der Waals surface area contributed by atoms with Crippen molar-refractivity contribution < 1.29 is 19.1 Å². The zero-order valence-corrected chi connectivity index (χ0v) is 31.8. The third-order valence-corrected chi connectivity index (χ3v) is 11.1. The summed E-state index contributed by atoms with van der Waals surface area (Å²) in [7, 11) is 2.03. The first-order chi connectivity index (χ1) is 26.6. The SMILES string of the molecule is CC.CN1Cc2c(cnn2C2CN(Cc3cccc(C(=O)N4CC5(COC5)C4)n3)C2)-c2cccc(NC(/C=C(\N)NC(=O)C3CC3)=C(/N)C(=O)NC3CC3)c21. The van der Waals surface area contributed by atoms with Crippen molar-refractivity contribution in [3.8, 4) is 11.1 Å². The van der Waals surface area contributed by atoms with E-state index in [-0.39, 0.29) is 52.7 Å². The van der Waals surface area contributed by atoms with E-state index in [2.05, 4.69) is 36.5 Å². The molecule has 3 amide bonds. The van der Waals surface area contributed by atoms with E-state index in [1.165, 1.54) is 6.08 Å². The van der Waals surface area contributed by atoms with Gasteiger partial charge in [0.25, 0.3) is 11.8 Å². The number of carbonyl (C=O) groups excluding carboxylic acids is 3. The fourth-order valence-electron chi connectivity index (χ4n) is 7.77. The number of nitrogens with zero attached hydrogens (tertiary/aromatic N) is 6. The second-order valence-corrected chi connectivity index (χ2v) is 15.6. The number of allylic oxidation sites excluding steroid dienone is 1. The van der Waals surface area contributed by atoms with Crippen molar-refractivity contribution in [3.63, 3.8) is 0 Å². The maximum Gasteiger partial charge on any atom is 0.272 e. The highest BCUT2D eigenvalue weighted by Crippen LogP contribution is 2.44. The van der Waals surface area contributed by atoms with Gasteiger partial charge in [-0.1, -0.05) is 32.0 Å². The number of hydrogen-bond acceptors (Lipinski definition) is 11. The van der Waals surface area contributed by atoms with Crippen LogP contribution in [0.25, 0.3) is 11.1 Å². The Labute approximate surface area is 321 Å². The number of hydrogen-bond donors (Lipinski definition) is 5. The topological polar surface area (TPSA) is 189 Å². The normalized spacial score (nSPS) is 20.4. The Balaban J connectivity index is 0.00000210. The standard InChI is InChI=1S/C38H45N11O4.C2H6/c1-46-17-31-27(13-41-49(31)25-15-47(16-25)14-24-4-2-7-29(42-24)37(52)48-18-38(19-48)20-53-21-38)26-5-3-6-28(34(26)46)44-30(33(40)36(51)43-23-10-11-23)12-32(39)45-35(50)22-8-9-22;1-2/h2-7,12-13,22-23,25,44H,8-11,14-21,39-40H2,1H3,(H,43,51)(H,45,50);1-2H3/b32-12+,33-30+;. The Morgan fingerprint density at radius 1 is 1.00 bits per heavy atom. The summed E-state index contributed by atoms with van der Waals surface area (Å²) in [5, 5.41) is 13.9. The molecular weight excluding hydrogens is 699 g/mol. The average Bonchev–Trinajstić information content (AvgIpc) is 4.07. The maximum absolute atomic E-state index is 13.1. The molecule has 2 saturated carbocycles. The van der Waals surface area contributed by atoms with Crippen LogP contribution in [0.3, 0.4) is 0 Å². The van der Waals surface area contributed by atoms with Crippen LogP contribution in [0.4, 0.5) is 11.4 Å². The van der Waals surface area contributed by atoms with E-state index in [9.17, 15) is 14.4 Å². The number of pyridine rings is 1. The van der Waals surface area contributed by atoms with Crippen molar-refractivity contribution in [2.45, 2.75) is 64.7 Å². The highest BCUT2D eigenvalue weighted by Gasteiger charge is 2.51. The van der Waals surface area contributed by atoms with E-state index in [1.54, 1.807) is 6.07 Å². The molecule has 55 heavy (non-hydrogen) atoms. The van der Waals surface area contributed by atoms with Crippen molar-refractivity contribution >= 4 is 29.1 Å². The van der Waals surface area contributed by atoms with E-state index in [1.807, 2.05) is 56.3 Å². The summed E-state index contributed by atoms with van der Waals surface area (Å²) in [6.45, 7) is 9.91. The Hall–Kier alpha value is -5.41. The van der Waals surface area contributed by atoms with Gasteiger partial charge in [-0.3, -0.25) is 24.0 Å². The summed E-state index contributed by atoms with van der Waals surface area (Å²) in [5.74, 6) is -0.435. The molecule has 9 rings (SSSR count). The van der Waals surface area contributed by atoms with Gasteiger partial charge >= 0.3 is 0 Å². The molecular formula is C40H51N11O4. The lowest BCUT2D eigenvalue weighted by Crippen LogP contribution is -2.67. The number of likely N-dealkylation sites (tertiary alicyclic amines) is 2. The molecule has 5 fully saturated rings. The number of aromatic nitrogens is 3. The first-order valence-electron chi connectivity index (χ1n) is 19.4. The highest BCUT2D eigenvalue weighted by molar-refractivity contribution is 5.96. The molecule has 2 aromatic heterocycles. The van der Waals surface area contributed by atoms with E-state index in [0.717, 1.165) is 99.0 Å².